The van der Waals surface area contributed by atoms with Crippen LogP contribution in [-0.4, -0.2) is 34.1 Å². The van der Waals surface area contributed by atoms with Gasteiger partial charge in [-0.25, -0.2) is 0 Å². The summed E-state index contributed by atoms with van der Waals surface area (Å²) < 4.78 is 12.3. The average Bonchev–Trinajstić information content (AvgIpc) is 2.76. The first-order valence-electron chi connectivity index (χ1n) is 11.5. The topological polar surface area (TPSA) is 79.2 Å². The van der Waals surface area contributed by atoms with Crippen molar-refractivity contribution in [2.75, 3.05) is 7.11 Å². The summed E-state index contributed by atoms with van der Waals surface area (Å²) in [6.07, 6.45) is 7.80. The molecule has 5 nitrogen and oxygen atoms in total. The van der Waals surface area contributed by atoms with E-state index in [1.54, 1.807) is 25.3 Å². The van der Waals surface area contributed by atoms with Gasteiger partial charge in [-0.2, -0.15) is 0 Å². The van der Waals surface area contributed by atoms with Crippen LogP contribution in [-0.2, 0) is 12.8 Å². The standard InChI is InChI=1S/C28H34O5/c1-6-7-20-21(29)13-18(14-22(20)30)9-8-17-12-19-16-24-27(2,3)25(31)10-11-28(24,4)33-26(19)23(15-17)32-5/h6,8-9,12-15,24-25,29-31H,1,7,10-11,16H2,2-5H3/b9-8+/t24-,25-,28-/m1/s1. The molecule has 1 saturated carbocycles. The Hall–Kier alpha value is -2.92. The minimum absolute atomic E-state index is 0.0448. The SMILES string of the molecule is C=CCc1c(O)cc(/C=C/c2cc3c(c(OC)c2)O[C@]2(C)CC[C@@H](O)C(C)(C)[C@H]2C3)cc1O. The van der Waals surface area contributed by atoms with E-state index in [-0.39, 0.29) is 34.5 Å². The van der Waals surface area contributed by atoms with Gasteiger partial charge < -0.3 is 24.8 Å². The third kappa shape index (κ3) is 4.10. The fourth-order valence-electron chi connectivity index (χ4n) is 5.55. The van der Waals surface area contributed by atoms with E-state index in [0.717, 1.165) is 36.1 Å². The second-order valence-corrected chi connectivity index (χ2v) is 10.1. The lowest BCUT2D eigenvalue weighted by atomic mass is 9.57. The minimum atomic E-state index is -0.352. The van der Waals surface area contributed by atoms with Gasteiger partial charge in [0, 0.05) is 11.5 Å². The van der Waals surface area contributed by atoms with Crippen LogP contribution in [0.3, 0.4) is 0 Å². The highest BCUT2D eigenvalue weighted by atomic mass is 16.5. The number of aliphatic hydroxyl groups is 1. The van der Waals surface area contributed by atoms with Crippen LogP contribution in [0.4, 0.5) is 0 Å². The number of hydrogen-bond donors (Lipinski definition) is 3. The van der Waals surface area contributed by atoms with Crippen LogP contribution in [0, 0.1) is 11.3 Å². The molecule has 1 fully saturated rings. The predicted molar refractivity (Wildman–Crippen MR) is 131 cm³/mol. The molecular formula is C28H34O5. The molecule has 1 heterocycles. The molecule has 5 heteroatoms. The maximum absolute atomic E-state index is 10.7. The van der Waals surface area contributed by atoms with Gasteiger partial charge in [-0.15, -0.1) is 6.58 Å². The molecule has 0 radical (unpaired) electrons. The van der Waals surface area contributed by atoms with E-state index in [2.05, 4.69) is 33.4 Å². The first-order chi connectivity index (χ1) is 15.6. The molecule has 0 amide bonds. The highest BCUT2D eigenvalue weighted by Gasteiger charge is 2.54. The van der Waals surface area contributed by atoms with Crippen molar-refractivity contribution in [2.24, 2.45) is 11.3 Å². The third-order valence-corrected chi connectivity index (χ3v) is 7.58. The van der Waals surface area contributed by atoms with Crippen molar-refractivity contribution in [2.45, 2.75) is 58.2 Å². The first-order valence-corrected chi connectivity index (χ1v) is 11.5. The van der Waals surface area contributed by atoms with Crippen molar-refractivity contribution in [3.05, 3.63) is 59.2 Å². The van der Waals surface area contributed by atoms with E-state index >= 15 is 0 Å². The minimum Gasteiger partial charge on any atom is -0.507 e. The zero-order chi connectivity index (χ0) is 24.0. The Labute approximate surface area is 196 Å². The Kier molecular flexibility index (Phi) is 5.95. The lowest BCUT2D eigenvalue weighted by Crippen LogP contribution is -2.58. The Bertz CT molecular complexity index is 1080. The van der Waals surface area contributed by atoms with E-state index in [1.165, 1.54) is 0 Å². The predicted octanol–water partition coefficient (Wildman–Crippen LogP) is 5.50. The number of hydrogen-bond acceptors (Lipinski definition) is 5. The van der Waals surface area contributed by atoms with Gasteiger partial charge in [0.1, 0.15) is 17.1 Å². The number of phenolic OH excluding ortho intramolecular Hbond substituents is 2. The van der Waals surface area contributed by atoms with Gasteiger partial charge in [-0.1, -0.05) is 32.1 Å². The van der Waals surface area contributed by atoms with Crippen LogP contribution in [0.1, 0.15) is 55.9 Å². The number of rotatable bonds is 5. The Morgan fingerprint density at radius 2 is 1.73 bits per heavy atom. The lowest BCUT2D eigenvalue weighted by molar-refractivity contribution is -0.138. The molecule has 176 valence electrons. The van der Waals surface area contributed by atoms with Gasteiger partial charge in [-0.05, 0) is 79.0 Å². The number of benzene rings is 2. The van der Waals surface area contributed by atoms with Crippen molar-refractivity contribution in [1.29, 1.82) is 0 Å². The van der Waals surface area contributed by atoms with Crippen LogP contribution in [0.2, 0.25) is 0 Å². The van der Waals surface area contributed by atoms with E-state index < -0.39 is 0 Å². The molecule has 0 unspecified atom stereocenters. The second kappa shape index (κ2) is 8.45. The molecule has 1 aliphatic heterocycles. The molecule has 0 bridgehead atoms. The number of allylic oxidation sites excluding steroid dienone is 1. The molecule has 2 aliphatic rings. The van der Waals surface area contributed by atoms with Crippen LogP contribution in [0.5, 0.6) is 23.0 Å². The zero-order valence-electron chi connectivity index (χ0n) is 19.9. The van der Waals surface area contributed by atoms with Gasteiger partial charge in [0.15, 0.2) is 11.5 Å². The van der Waals surface area contributed by atoms with E-state index in [0.29, 0.717) is 23.3 Å². The molecule has 2 aromatic carbocycles. The summed E-state index contributed by atoms with van der Waals surface area (Å²) >= 11 is 0. The summed E-state index contributed by atoms with van der Waals surface area (Å²) in [6.45, 7) is 10.1. The van der Waals surface area contributed by atoms with E-state index in [4.69, 9.17) is 9.47 Å². The first kappa shape index (κ1) is 23.2. The number of phenols is 2. The van der Waals surface area contributed by atoms with Crippen molar-refractivity contribution in [3.63, 3.8) is 0 Å². The number of aromatic hydroxyl groups is 2. The number of methoxy groups -OCH3 is 1. The molecule has 2 aromatic rings. The normalized spacial score (nSPS) is 25.7. The van der Waals surface area contributed by atoms with E-state index in [1.807, 2.05) is 18.2 Å². The molecule has 0 aromatic heterocycles. The summed E-state index contributed by atoms with van der Waals surface area (Å²) in [4.78, 5) is 0. The van der Waals surface area contributed by atoms with Gasteiger partial charge in [0.05, 0.1) is 13.2 Å². The van der Waals surface area contributed by atoms with Gasteiger partial charge in [0.25, 0.3) is 0 Å². The number of aliphatic hydroxyl groups excluding tert-OH is 1. The summed E-state index contributed by atoms with van der Waals surface area (Å²) in [7, 11) is 1.64. The smallest absolute Gasteiger partial charge is 0.165 e. The molecule has 3 atom stereocenters. The van der Waals surface area contributed by atoms with Gasteiger partial charge in [0.2, 0.25) is 0 Å². The summed E-state index contributed by atoms with van der Waals surface area (Å²) in [5, 5.41) is 31.2. The lowest BCUT2D eigenvalue weighted by Gasteiger charge is -2.55. The molecule has 4 rings (SSSR count). The Balaban J connectivity index is 1.68. The average molecular weight is 451 g/mol. The number of ether oxygens (including phenoxy) is 2. The second-order valence-electron chi connectivity index (χ2n) is 10.1. The molecular weight excluding hydrogens is 416 g/mol. The zero-order valence-corrected chi connectivity index (χ0v) is 19.9. The Morgan fingerprint density at radius 1 is 1.09 bits per heavy atom. The van der Waals surface area contributed by atoms with Gasteiger partial charge >= 0.3 is 0 Å². The van der Waals surface area contributed by atoms with Crippen LogP contribution >= 0.6 is 0 Å². The highest BCUT2D eigenvalue weighted by Crippen LogP contribution is 2.55. The van der Waals surface area contributed by atoms with Crippen LogP contribution < -0.4 is 9.47 Å². The number of fused-ring (bicyclic) bond motifs is 2. The fourth-order valence-corrected chi connectivity index (χ4v) is 5.55. The fraction of sp³-hybridized carbons (Fsp3) is 0.429. The quantitative estimate of drug-likeness (QED) is 0.414. The van der Waals surface area contributed by atoms with E-state index in [9.17, 15) is 15.3 Å². The molecule has 0 spiro atoms. The molecule has 0 saturated heterocycles. The van der Waals surface area contributed by atoms with Crippen molar-refractivity contribution in [3.8, 4) is 23.0 Å². The summed E-state index contributed by atoms with van der Waals surface area (Å²) in [5.74, 6) is 1.73. The molecule has 3 N–H and O–H groups in total. The van der Waals surface area contributed by atoms with Crippen LogP contribution in [0.15, 0.2) is 36.9 Å². The van der Waals surface area contributed by atoms with Crippen molar-refractivity contribution in [1.82, 2.24) is 0 Å². The molecule has 33 heavy (non-hydrogen) atoms. The maximum Gasteiger partial charge on any atom is 0.165 e. The summed E-state index contributed by atoms with van der Waals surface area (Å²) in [6, 6.07) is 7.29. The Morgan fingerprint density at radius 3 is 2.33 bits per heavy atom. The largest absolute Gasteiger partial charge is 0.507 e. The third-order valence-electron chi connectivity index (χ3n) is 7.58. The highest BCUT2D eigenvalue weighted by molar-refractivity contribution is 5.73. The monoisotopic (exact) mass is 450 g/mol. The maximum atomic E-state index is 10.7. The van der Waals surface area contributed by atoms with Crippen LogP contribution in [0.25, 0.3) is 12.2 Å². The van der Waals surface area contributed by atoms with Crippen molar-refractivity contribution >= 4 is 12.2 Å². The van der Waals surface area contributed by atoms with Gasteiger partial charge in [-0.3, -0.25) is 0 Å². The summed E-state index contributed by atoms with van der Waals surface area (Å²) in [5.41, 5.74) is 2.55. The van der Waals surface area contributed by atoms with Crippen molar-refractivity contribution < 1.29 is 24.8 Å². The molecule has 1 aliphatic carbocycles.